The summed E-state index contributed by atoms with van der Waals surface area (Å²) in [5.41, 5.74) is 1.71. The van der Waals surface area contributed by atoms with E-state index >= 15 is 0 Å². The van der Waals surface area contributed by atoms with E-state index in [1.807, 2.05) is 43.3 Å². The number of para-hydroxylation sites is 1. The average molecular weight is 286 g/mol. The number of amides is 1. The summed E-state index contributed by atoms with van der Waals surface area (Å²) in [4.78, 5) is 14.7. The quantitative estimate of drug-likeness (QED) is 0.915. The molecule has 1 N–H and O–H groups in total. The van der Waals surface area contributed by atoms with Crippen LogP contribution in [0.3, 0.4) is 0 Å². The van der Waals surface area contributed by atoms with Gasteiger partial charge in [0.15, 0.2) is 5.69 Å². The molecule has 1 aromatic carbocycles. The van der Waals surface area contributed by atoms with Crippen molar-refractivity contribution in [2.45, 2.75) is 25.3 Å². The highest BCUT2D eigenvalue weighted by Crippen LogP contribution is 2.24. The number of likely N-dealkylation sites (tertiary alicyclic amines) is 1. The number of carbonyl (C=O) groups is 1. The maximum absolute atomic E-state index is 12.8. The molecule has 1 fully saturated rings. The minimum Gasteiger partial charge on any atom is -0.337 e. The number of nitrogens with one attached hydrogen (secondary N) is 1. The lowest BCUT2D eigenvalue weighted by molar-refractivity contribution is 0.0657. The van der Waals surface area contributed by atoms with E-state index in [9.17, 15) is 4.79 Å². The molecule has 21 heavy (non-hydrogen) atoms. The lowest BCUT2D eigenvalue weighted by atomic mass is 9.90. The fourth-order valence-corrected chi connectivity index (χ4v) is 2.97. The van der Waals surface area contributed by atoms with Gasteiger partial charge in [-0.3, -0.25) is 9.48 Å². The SMILES string of the molecule is CNC1(C)CCN(C(=O)c2nn(C)c3ccccc23)CC1. The molecule has 1 amide bonds. The minimum atomic E-state index is 0.0463. The van der Waals surface area contributed by atoms with Crippen LogP contribution in [0.5, 0.6) is 0 Å². The van der Waals surface area contributed by atoms with Crippen molar-refractivity contribution in [3.63, 3.8) is 0 Å². The number of piperidine rings is 1. The highest BCUT2D eigenvalue weighted by atomic mass is 16.2. The molecule has 5 heteroatoms. The molecule has 2 heterocycles. The minimum absolute atomic E-state index is 0.0463. The van der Waals surface area contributed by atoms with Crippen LogP contribution in [0.15, 0.2) is 24.3 Å². The van der Waals surface area contributed by atoms with Gasteiger partial charge in [0.05, 0.1) is 5.52 Å². The summed E-state index contributed by atoms with van der Waals surface area (Å²) in [6.07, 6.45) is 1.94. The molecule has 0 atom stereocenters. The van der Waals surface area contributed by atoms with E-state index in [2.05, 4.69) is 17.3 Å². The smallest absolute Gasteiger partial charge is 0.275 e. The lowest BCUT2D eigenvalue weighted by Gasteiger charge is -2.39. The Hall–Kier alpha value is -1.88. The molecule has 112 valence electrons. The summed E-state index contributed by atoms with van der Waals surface area (Å²) in [5, 5.41) is 8.72. The molecule has 1 aliphatic heterocycles. The van der Waals surface area contributed by atoms with E-state index in [1.54, 1.807) is 4.68 Å². The normalized spacial score (nSPS) is 18.1. The second kappa shape index (κ2) is 5.15. The zero-order valence-corrected chi connectivity index (χ0v) is 12.9. The van der Waals surface area contributed by atoms with Gasteiger partial charge in [0.2, 0.25) is 0 Å². The summed E-state index contributed by atoms with van der Waals surface area (Å²) >= 11 is 0. The molecule has 0 bridgehead atoms. The Bertz CT molecular complexity index is 668. The van der Waals surface area contributed by atoms with E-state index in [4.69, 9.17) is 0 Å². The number of nitrogens with zero attached hydrogens (tertiary/aromatic N) is 3. The average Bonchev–Trinajstić information content (AvgIpc) is 2.85. The molecular formula is C16H22N4O. The maximum Gasteiger partial charge on any atom is 0.275 e. The van der Waals surface area contributed by atoms with E-state index < -0.39 is 0 Å². The first kappa shape index (κ1) is 14.1. The number of hydrogen-bond acceptors (Lipinski definition) is 3. The van der Waals surface area contributed by atoms with Crippen LogP contribution >= 0.6 is 0 Å². The van der Waals surface area contributed by atoms with Gasteiger partial charge in [0.25, 0.3) is 5.91 Å². The Labute approximate surface area is 124 Å². The summed E-state index contributed by atoms with van der Waals surface area (Å²) < 4.78 is 1.78. The second-order valence-electron chi connectivity index (χ2n) is 6.09. The molecule has 1 saturated heterocycles. The number of aryl methyl sites for hydroxylation is 1. The highest BCUT2D eigenvalue weighted by Gasteiger charge is 2.32. The third-order valence-electron chi connectivity index (χ3n) is 4.72. The standard InChI is InChI=1S/C16H22N4O/c1-16(17-2)8-10-20(11-9-16)15(21)14-12-6-4-5-7-13(12)19(3)18-14/h4-7,17H,8-11H2,1-3H3. The third-order valence-corrected chi connectivity index (χ3v) is 4.72. The molecule has 0 aliphatic carbocycles. The highest BCUT2D eigenvalue weighted by molar-refractivity contribution is 6.04. The van der Waals surface area contributed by atoms with Crippen LogP contribution in [0, 0.1) is 0 Å². The molecule has 1 aromatic heterocycles. The fourth-order valence-electron chi connectivity index (χ4n) is 2.97. The largest absolute Gasteiger partial charge is 0.337 e. The summed E-state index contributed by atoms with van der Waals surface area (Å²) in [5.74, 6) is 0.0463. The predicted octanol–water partition coefficient (Wildman–Crippen LogP) is 1.79. The number of carbonyl (C=O) groups excluding carboxylic acids is 1. The van der Waals surface area contributed by atoms with Crippen LogP contribution in [0.2, 0.25) is 0 Å². The number of benzene rings is 1. The Morgan fingerprint density at radius 2 is 1.95 bits per heavy atom. The maximum atomic E-state index is 12.8. The van der Waals surface area contributed by atoms with Crippen LogP contribution in [0.4, 0.5) is 0 Å². The fraction of sp³-hybridized carbons (Fsp3) is 0.500. The van der Waals surface area contributed by atoms with Crippen molar-refractivity contribution >= 4 is 16.8 Å². The van der Waals surface area contributed by atoms with Gasteiger partial charge in [-0.05, 0) is 32.9 Å². The summed E-state index contributed by atoms with van der Waals surface area (Å²) in [6.45, 7) is 3.77. The predicted molar refractivity (Wildman–Crippen MR) is 83.3 cm³/mol. The molecule has 0 unspecified atom stereocenters. The summed E-state index contributed by atoms with van der Waals surface area (Å²) in [6, 6.07) is 7.89. The molecule has 5 nitrogen and oxygen atoms in total. The van der Waals surface area contributed by atoms with Gasteiger partial charge in [-0.15, -0.1) is 0 Å². The van der Waals surface area contributed by atoms with Crippen LogP contribution < -0.4 is 5.32 Å². The van der Waals surface area contributed by atoms with Crippen molar-refractivity contribution in [1.82, 2.24) is 20.0 Å². The number of fused-ring (bicyclic) bond motifs is 1. The molecule has 0 radical (unpaired) electrons. The third kappa shape index (κ3) is 2.42. The Morgan fingerprint density at radius 1 is 1.29 bits per heavy atom. The Kier molecular flexibility index (Phi) is 3.45. The Morgan fingerprint density at radius 3 is 2.62 bits per heavy atom. The van der Waals surface area contributed by atoms with E-state index in [0.717, 1.165) is 36.8 Å². The molecule has 0 saturated carbocycles. The van der Waals surface area contributed by atoms with Gasteiger partial charge in [-0.25, -0.2) is 0 Å². The lowest BCUT2D eigenvalue weighted by Crippen LogP contribution is -2.51. The van der Waals surface area contributed by atoms with Crippen molar-refractivity contribution < 1.29 is 4.79 Å². The first-order chi connectivity index (χ1) is 10.0. The molecule has 3 rings (SSSR count). The van der Waals surface area contributed by atoms with Gasteiger partial charge in [-0.2, -0.15) is 5.10 Å². The van der Waals surface area contributed by atoms with Gasteiger partial charge in [0.1, 0.15) is 0 Å². The van der Waals surface area contributed by atoms with Gasteiger partial charge in [0, 0.05) is 31.1 Å². The van der Waals surface area contributed by atoms with Crippen LogP contribution in [-0.4, -0.2) is 46.3 Å². The topological polar surface area (TPSA) is 50.2 Å². The monoisotopic (exact) mass is 286 g/mol. The van der Waals surface area contributed by atoms with Crippen molar-refractivity contribution in [2.24, 2.45) is 7.05 Å². The van der Waals surface area contributed by atoms with Crippen molar-refractivity contribution in [3.8, 4) is 0 Å². The van der Waals surface area contributed by atoms with E-state index in [1.165, 1.54) is 0 Å². The zero-order chi connectivity index (χ0) is 15.0. The van der Waals surface area contributed by atoms with E-state index in [0.29, 0.717) is 5.69 Å². The van der Waals surface area contributed by atoms with Crippen LogP contribution in [0.25, 0.3) is 10.9 Å². The number of rotatable bonds is 2. The summed E-state index contributed by atoms with van der Waals surface area (Å²) in [7, 11) is 3.87. The van der Waals surface area contributed by atoms with Crippen LogP contribution in [0.1, 0.15) is 30.3 Å². The first-order valence-corrected chi connectivity index (χ1v) is 7.44. The second-order valence-corrected chi connectivity index (χ2v) is 6.09. The van der Waals surface area contributed by atoms with Crippen LogP contribution in [-0.2, 0) is 7.05 Å². The first-order valence-electron chi connectivity index (χ1n) is 7.44. The van der Waals surface area contributed by atoms with Gasteiger partial charge >= 0.3 is 0 Å². The number of aromatic nitrogens is 2. The Balaban J connectivity index is 1.85. The molecular weight excluding hydrogens is 264 g/mol. The van der Waals surface area contributed by atoms with Gasteiger partial charge in [-0.1, -0.05) is 18.2 Å². The van der Waals surface area contributed by atoms with Crippen molar-refractivity contribution in [1.29, 1.82) is 0 Å². The zero-order valence-electron chi connectivity index (χ0n) is 12.9. The molecule has 2 aromatic rings. The van der Waals surface area contributed by atoms with E-state index in [-0.39, 0.29) is 11.4 Å². The van der Waals surface area contributed by atoms with Crippen molar-refractivity contribution in [2.75, 3.05) is 20.1 Å². The molecule has 0 spiro atoms. The van der Waals surface area contributed by atoms with Crippen molar-refractivity contribution in [3.05, 3.63) is 30.0 Å². The number of hydrogen-bond donors (Lipinski definition) is 1. The molecule has 1 aliphatic rings. The van der Waals surface area contributed by atoms with Gasteiger partial charge < -0.3 is 10.2 Å².